The molecule has 0 aromatic heterocycles. The van der Waals surface area contributed by atoms with Crippen molar-refractivity contribution in [3.63, 3.8) is 0 Å². The van der Waals surface area contributed by atoms with Gasteiger partial charge in [-0.05, 0) is 26.2 Å². The SMILES string of the molecule is CC(C)/C=C/CCOC(C)C. The predicted molar refractivity (Wildman–Crippen MR) is 49.7 cm³/mol. The first-order chi connectivity index (χ1) is 5.13. The Kier molecular flexibility index (Phi) is 6.24. The van der Waals surface area contributed by atoms with E-state index in [1.807, 2.05) is 0 Å². The Morgan fingerprint density at radius 1 is 1.18 bits per heavy atom. The third-order valence-corrected chi connectivity index (χ3v) is 1.26. The van der Waals surface area contributed by atoms with Gasteiger partial charge in [0, 0.05) is 0 Å². The van der Waals surface area contributed by atoms with Crippen LogP contribution in [0.5, 0.6) is 0 Å². The van der Waals surface area contributed by atoms with E-state index in [0.717, 1.165) is 13.0 Å². The quantitative estimate of drug-likeness (QED) is 0.439. The molecule has 0 saturated carbocycles. The molecule has 0 heterocycles. The van der Waals surface area contributed by atoms with E-state index in [9.17, 15) is 0 Å². The van der Waals surface area contributed by atoms with E-state index >= 15 is 0 Å². The Balaban J connectivity index is 3.14. The molecule has 0 amide bonds. The normalized spacial score (nSPS) is 12.2. The second-order valence-corrected chi connectivity index (χ2v) is 3.38. The average Bonchev–Trinajstić information content (AvgIpc) is 1.85. The van der Waals surface area contributed by atoms with E-state index in [2.05, 4.69) is 39.8 Å². The van der Waals surface area contributed by atoms with Crippen LogP contribution in [0.25, 0.3) is 0 Å². The van der Waals surface area contributed by atoms with Crippen molar-refractivity contribution in [2.24, 2.45) is 5.92 Å². The van der Waals surface area contributed by atoms with Crippen LogP contribution in [-0.2, 0) is 4.74 Å². The molecule has 1 heteroatoms. The Morgan fingerprint density at radius 2 is 1.82 bits per heavy atom. The van der Waals surface area contributed by atoms with Gasteiger partial charge in [0.1, 0.15) is 0 Å². The number of hydrogen-bond acceptors (Lipinski definition) is 1. The smallest absolute Gasteiger partial charge is 0.0519 e. The fraction of sp³-hybridized carbons (Fsp3) is 0.800. The highest BCUT2D eigenvalue weighted by atomic mass is 16.5. The third kappa shape index (κ3) is 9.70. The van der Waals surface area contributed by atoms with Crippen molar-refractivity contribution in [1.29, 1.82) is 0 Å². The van der Waals surface area contributed by atoms with E-state index in [1.54, 1.807) is 0 Å². The van der Waals surface area contributed by atoms with Gasteiger partial charge in [0.25, 0.3) is 0 Å². The number of allylic oxidation sites excluding steroid dienone is 1. The van der Waals surface area contributed by atoms with Crippen LogP contribution >= 0.6 is 0 Å². The lowest BCUT2D eigenvalue weighted by Gasteiger charge is -2.04. The first-order valence-corrected chi connectivity index (χ1v) is 4.41. The van der Waals surface area contributed by atoms with Crippen LogP contribution in [0.3, 0.4) is 0 Å². The standard InChI is InChI=1S/C10H20O/c1-9(2)7-5-6-8-11-10(3)4/h5,7,9-10H,6,8H2,1-4H3/b7-5+. The van der Waals surface area contributed by atoms with E-state index < -0.39 is 0 Å². The lowest BCUT2D eigenvalue weighted by atomic mass is 10.2. The summed E-state index contributed by atoms with van der Waals surface area (Å²) in [6.45, 7) is 9.33. The number of hydrogen-bond donors (Lipinski definition) is 0. The zero-order valence-electron chi connectivity index (χ0n) is 8.13. The van der Waals surface area contributed by atoms with Gasteiger partial charge < -0.3 is 4.74 Å². The largest absolute Gasteiger partial charge is 0.378 e. The van der Waals surface area contributed by atoms with Gasteiger partial charge in [-0.25, -0.2) is 0 Å². The van der Waals surface area contributed by atoms with Gasteiger partial charge in [-0.2, -0.15) is 0 Å². The van der Waals surface area contributed by atoms with Gasteiger partial charge in [-0.1, -0.05) is 26.0 Å². The van der Waals surface area contributed by atoms with E-state index in [1.165, 1.54) is 0 Å². The first-order valence-electron chi connectivity index (χ1n) is 4.41. The molecule has 0 radical (unpaired) electrons. The van der Waals surface area contributed by atoms with Gasteiger partial charge >= 0.3 is 0 Å². The van der Waals surface area contributed by atoms with Crippen LogP contribution in [0.4, 0.5) is 0 Å². The lowest BCUT2D eigenvalue weighted by molar-refractivity contribution is 0.0825. The van der Waals surface area contributed by atoms with Crippen LogP contribution in [-0.4, -0.2) is 12.7 Å². The van der Waals surface area contributed by atoms with Crippen molar-refractivity contribution in [3.05, 3.63) is 12.2 Å². The predicted octanol–water partition coefficient (Wildman–Crippen LogP) is 3.01. The summed E-state index contributed by atoms with van der Waals surface area (Å²) in [6, 6.07) is 0. The molecule has 1 nitrogen and oxygen atoms in total. The summed E-state index contributed by atoms with van der Waals surface area (Å²) in [7, 11) is 0. The minimum absolute atomic E-state index is 0.363. The third-order valence-electron chi connectivity index (χ3n) is 1.26. The molecular weight excluding hydrogens is 136 g/mol. The zero-order valence-corrected chi connectivity index (χ0v) is 8.13. The van der Waals surface area contributed by atoms with Crippen molar-refractivity contribution in [2.75, 3.05) is 6.61 Å². The van der Waals surface area contributed by atoms with Crippen molar-refractivity contribution in [1.82, 2.24) is 0 Å². The monoisotopic (exact) mass is 156 g/mol. The maximum atomic E-state index is 5.37. The van der Waals surface area contributed by atoms with Crippen LogP contribution in [0.15, 0.2) is 12.2 Å². The second kappa shape index (κ2) is 6.41. The molecule has 0 aromatic carbocycles. The molecule has 11 heavy (non-hydrogen) atoms. The minimum Gasteiger partial charge on any atom is -0.378 e. The van der Waals surface area contributed by atoms with Gasteiger partial charge in [-0.3, -0.25) is 0 Å². The highest BCUT2D eigenvalue weighted by molar-refractivity contribution is 4.83. The van der Waals surface area contributed by atoms with Crippen molar-refractivity contribution < 1.29 is 4.74 Å². The molecule has 0 aliphatic rings. The van der Waals surface area contributed by atoms with Gasteiger partial charge in [0.05, 0.1) is 12.7 Å². The summed E-state index contributed by atoms with van der Waals surface area (Å²) in [6.07, 6.45) is 5.80. The highest BCUT2D eigenvalue weighted by Gasteiger charge is 1.89. The first kappa shape index (κ1) is 10.7. The van der Waals surface area contributed by atoms with Gasteiger partial charge in [0.15, 0.2) is 0 Å². The molecule has 0 aliphatic carbocycles. The summed E-state index contributed by atoms with van der Waals surface area (Å²) in [5, 5.41) is 0. The molecule has 0 aliphatic heterocycles. The van der Waals surface area contributed by atoms with Crippen molar-refractivity contribution >= 4 is 0 Å². The maximum Gasteiger partial charge on any atom is 0.0519 e. The average molecular weight is 156 g/mol. The highest BCUT2D eigenvalue weighted by Crippen LogP contribution is 1.96. The van der Waals surface area contributed by atoms with Gasteiger partial charge in [-0.15, -0.1) is 0 Å². The topological polar surface area (TPSA) is 9.23 Å². The molecule has 0 rings (SSSR count). The molecule has 0 atom stereocenters. The van der Waals surface area contributed by atoms with Crippen molar-refractivity contribution in [3.8, 4) is 0 Å². The molecule has 0 unspecified atom stereocenters. The molecule has 0 aromatic rings. The Bertz CT molecular complexity index is 103. The molecule has 0 fully saturated rings. The minimum atomic E-state index is 0.363. The second-order valence-electron chi connectivity index (χ2n) is 3.38. The Morgan fingerprint density at radius 3 is 2.27 bits per heavy atom. The fourth-order valence-corrected chi connectivity index (χ4v) is 0.740. The van der Waals surface area contributed by atoms with Crippen LogP contribution in [0, 0.1) is 5.92 Å². The molecule has 66 valence electrons. The Hall–Kier alpha value is -0.300. The summed E-state index contributed by atoms with van der Waals surface area (Å²) >= 11 is 0. The van der Waals surface area contributed by atoms with Crippen LogP contribution in [0.2, 0.25) is 0 Å². The van der Waals surface area contributed by atoms with Gasteiger partial charge in [0.2, 0.25) is 0 Å². The summed E-state index contributed by atoms with van der Waals surface area (Å²) in [4.78, 5) is 0. The summed E-state index contributed by atoms with van der Waals surface area (Å²) in [5.74, 6) is 0.661. The molecule has 0 bridgehead atoms. The number of ether oxygens (including phenoxy) is 1. The van der Waals surface area contributed by atoms with Crippen molar-refractivity contribution in [2.45, 2.75) is 40.2 Å². The molecular formula is C10H20O. The molecule has 0 spiro atoms. The van der Waals surface area contributed by atoms with Crippen LogP contribution < -0.4 is 0 Å². The summed E-state index contributed by atoms with van der Waals surface area (Å²) in [5.41, 5.74) is 0. The Labute approximate surface area is 70.4 Å². The fourth-order valence-electron chi connectivity index (χ4n) is 0.740. The maximum absolute atomic E-state index is 5.37. The summed E-state index contributed by atoms with van der Waals surface area (Å²) < 4.78 is 5.37. The van der Waals surface area contributed by atoms with E-state index in [4.69, 9.17) is 4.74 Å². The van der Waals surface area contributed by atoms with E-state index in [-0.39, 0.29) is 0 Å². The van der Waals surface area contributed by atoms with E-state index in [0.29, 0.717) is 12.0 Å². The lowest BCUT2D eigenvalue weighted by Crippen LogP contribution is -2.02. The molecule has 0 saturated heterocycles. The number of rotatable bonds is 5. The molecule has 0 N–H and O–H groups in total. The van der Waals surface area contributed by atoms with Crippen LogP contribution in [0.1, 0.15) is 34.1 Å². The zero-order chi connectivity index (χ0) is 8.69.